The smallest absolute Gasteiger partial charge is 0.0818 e. The van der Waals surface area contributed by atoms with E-state index in [-0.39, 0.29) is 6.10 Å². The third kappa shape index (κ3) is 2.16. The largest absolute Gasteiger partial charge is 0.388 e. The van der Waals surface area contributed by atoms with Gasteiger partial charge >= 0.3 is 0 Å². The summed E-state index contributed by atoms with van der Waals surface area (Å²) >= 11 is 0. The molecule has 2 rings (SSSR count). The SMILES string of the molecule is O[C@H](c1ccccc1)C1CCCCC1. The second-order valence-electron chi connectivity index (χ2n) is 4.25. The van der Waals surface area contributed by atoms with E-state index < -0.39 is 0 Å². The summed E-state index contributed by atoms with van der Waals surface area (Å²) in [6.45, 7) is 0. The summed E-state index contributed by atoms with van der Waals surface area (Å²) in [6.07, 6.45) is 6.06. The van der Waals surface area contributed by atoms with Gasteiger partial charge in [-0.25, -0.2) is 0 Å². The fraction of sp³-hybridized carbons (Fsp3) is 0.538. The van der Waals surface area contributed by atoms with Gasteiger partial charge in [-0.1, -0.05) is 49.6 Å². The molecular weight excluding hydrogens is 172 g/mol. The minimum atomic E-state index is -0.239. The summed E-state index contributed by atoms with van der Waals surface area (Å²) in [5.74, 6) is 0.492. The first-order valence-electron chi connectivity index (χ1n) is 5.61. The molecule has 1 aromatic rings. The Labute approximate surface area is 85.8 Å². The average molecular weight is 190 g/mol. The van der Waals surface area contributed by atoms with Gasteiger partial charge in [0.25, 0.3) is 0 Å². The Morgan fingerprint density at radius 2 is 1.64 bits per heavy atom. The number of rotatable bonds is 2. The topological polar surface area (TPSA) is 20.2 Å². The Morgan fingerprint density at radius 1 is 1.00 bits per heavy atom. The van der Waals surface area contributed by atoms with Crippen LogP contribution in [-0.4, -0.2) is 5.11 Å². The van der Waals surface area contributed by atoms with Gasteiger partial charge in [-0.3, -0.25) is 0 Å². The Balaban J connectivity index is 2.03. The molecule has 0 unspecified atom stereocenters. The molecule has 1 heteroatoms. The highest BCUT2D eigenvalue weighted by atomic mass is 16.3. The van der Waals surface area contributed by atoms with E-state index in [0.29, 0.717) is 5.92 Å². The van der Waals surface area contributed by atoms with Crippen molar-refractivity contribution in [3.63, 3.8) is 0 Å². The molecule has 0 aliphatic heterocycles. The maximum Gasteiger partial charge on any atom is 0.0818 e. The third-order valence-corrected chi connectivity index (χ3v) is 3.24. The van der Waals surface area contributed by atoms with Crippen molar-refractivity contribution in [2.24, 2.45) is 5.92 Å². The van der Waals surface area contributed by atoms with Crippen molar-refractivity contribution in [3.05, 3.63) is 35.9 Å². The van der Waals surface area contributed by atoms with Crippen LogP contribution in [0.15, 0.2) is 30.3 Å². The lowest BCUT2D eigenvalue weighted by Crippen LogP contribution is -2.15. The normalized spacial score (nSPS) is 20.6. The van der Waals surface area contributed by atoms with E-state index in [1.54, 1.807) is 0 Å². The first-order valence-corrected chi connectivity index (χ1v) is 5.61. The molecule has 1 aromatic carbocycles. The van der Waals surface area contributed by atoms with E-state index in [1.165, 1.54) is 32.1 Å². The second-order valence-corrected chi connectivity index (χ2v) is 4.25. The highest BCUT2D eigenvalue weighted by molar-refractivity contribution is 5.18. The summed E-state index contributed by atoms with van der Waals surface area (Å²) in [6, 6.07) is 10.1. The average Bonchev–Trinajstić information content (AvgIpc) is 2.30. The van der Waals surface area contributed by atoms with Crippen LogP contribution >= 0.6 is 0 Å². The molecule has 1 aliphatic carbocycles. The Bertz CT molecular complexity index is 262. The third-order valence-electron chi connectivity index (χ3n) is 3.24. The first-order chi connectivity index (χ1) is 6.88. The minimum absolute atomic E-state index is 0.239. The molecule has 1 N–H and O–H groups in total. The molecule has 0 radical (unpaired) electrons. The summed E-state index contributed by atoms with van der Waals surface area (Å²) in [5.41, 5.74) is 1.08. The van der Waals surface area contributed by atoms with Crippen LogP contribution in [0.3, 0.4) is 0 Å². The highest BCUT2D eigenvalue weighted by Gasteiger charge is 2.22. The summed E-state index contributed by atoms with van der Waals surface area (Å²) in [5, 5.41) is 10.1. The van der Waals surface area contributed by atoms with Gasteiger partial charge in [0.05, 0.1) is 6.10 Å². The summed E-state index contributed by atoms with van der Waals surface area (Å²) in [4.78, 5) is 0. The Morgan fingerprint density at radius 3 is 2.29 bits per heavy atom. The zero-order chi connectivity index (χ0) is 9.80. The molecule has 1 fully saturated rings. The fourth-order valence-corrected chi connectivity index (χ4v) is 2.37. The molecule has 76 valence electrons. The van der Waals surface area contributed by atoms with E-state index >= 15 is 0 Å². The second kappa shape index (κ2) is 4.61. The van der Waals surface area contributed by atoms with Crippen LogP contribution in [0.1, 0.15) is 43.8 Å². The van der Waals surface area contributed by atoms with Gasteiger partial charge in [0, 0.05) is 0 Å². The van der Waals surface area contributed by atoms with Crippen LogP contribution in [0, 0.1) is 5.92 Å². The lowest BCUT2D eigenvalue weighted by Gasteiger charge is -2.26. The van der Waals surface area contributed by atoms with Crippen LogP contribution in [0.2, 0.25) is 0 Å². The quantitative estimate of drug-likeness (QED) is 0.758. The first kappa shape index (κ1) is 9.72. The monoisotopic (exact) mass is 190 g/mol. The number of hydrogen-bond acceptors (Lipinski definition) is 1. The lowest BCUT2D eigenvalue weighted by atomic mass is 9.83. The van der Waals surface area contributed by atoms with Crippen molar-refractivity contribution in [1.29, 1.82) is 0 Å². The van der Waals surface area contributed by atoms with Gasteiger partial charge in [-0.05, 0) is 24.3 Å². The molecule has 1 saturated carbocycles. The van der Waals surface area contributed by atoms with Gasteiger partial charge in [-0.2, -0.15) is 0 Å². The predicted octanol–water partition coefficient (Wildman–Crippen LogP) is 3.30. The molecule has 1 nitrogen and oxygen atoms in total. The Hall–Kier alpha value is -0.820. The van der Waals surface area contributed by atoms with Crippen LogP contribution in [-0.2, 0) is 0 Å². The molecule has 0 amide bonds. The molecule has 1 aliphatic rings. The van der Waals surface area contributed by atoms with Crippen LogP contribution in [0.25, 0.3) is 0 Å². The van der Waals surface area contributed by atoms with E-state index in [4.69, 9.17) is 0 Å². The molecule has 14 heavy (non-hydrogen) atoms. The van der Waals surface area contributed by atoms with Crippen LogP contribution < -0.4 is 0 Å². The molecule has 0 aromatic heterocycles. The number of hydrogen-bond donors (Lipinski definition) is 1. The van der Waals surface area contributed by atoms with Gasteiger partial charge in [0.2, 0.25) is 0 Å². The van der Waals surface area contributed by atoms with Crippen LogP contribution in [0.5, 0.6) is 0 Å². The number of benzene rings is 1. The molecule has 0 saturated heterocycles. The van der Waals surface area contributed by atoms with E-state index in [9.17, 15) is 5.11 Å². The zero-order valence-electron chi connectivity index (χ0n) is 8.52. The Kier molecular flexibility index (Phi) is 3.20. The highest BCUT2D eigenvalue weighted by Crippen LogP contribution is 2.33. The molecule has 0 spiro atoms. The standard InChI is InChI=1S/C13H18O/c14-13(11-7-3-1-4-8-11)12-9-5-2-6-10-12/h1,3-4,7-8,12-14H,2,5-6,9-10H2/t13-/m1/s1. The maximum absolute atomic E-state index is 10.1. The van der Waals surface area contributed by atoms with Crippen molar-refractivity contribution in [2.45, 2.75) is 38.2 Å². The molecular formula is C13H18O. The van der Waals surface area contributed by atoms with Gasteiger partial charge in [0.15, 0.2) is 0 Å². The van der Waals surface area contributed by atoms with E-state index in [2.05, 4.69) is 0 Å². The molecule has 1 atom stereocenters. The summed E-state index contributed by atoms with van der Waals surface area (Å²) in [7, 11) is 0. The van der Waals surface area contributed by atoms with Crippen molar-refractivity contribution < 1.29 is 5.11 Å². The van der Waals surface area contributed by atoms with E-state index in [0.717, 1.165) is 5.56 Å². The van der Waals surface area contributed by atoms with Crippen molar-refractivity contribution in [2.75, 3.05) is 0 Å². The van der Waals surface area contributed by atoms with Crippen molar-refractivity contribution in [3.8, 4) is 0 Å². The fourth-order valence-electron chi connectivity index (χ4n) is 2.37. The van der Waals surface area contributed by atoms with Gasteiger partial charge < -0.3 is 5.11 Å². The van der Waals surface area contributed by atoms with Gasteiger partial charge in [0.1, 0.15) is 0 Å². The van der Waals surface area contributed by atoms with E-state index in [1.807, 2.05) is 30.3 Å². The zero-order valence-corrected chi connectivity index (χ0v) is 8.52. The summed E-state index contributed by atoms with van der Waals surface area (Å²) < 4.78 is 0. The molecule has 0 bridgehead atoms. The molecule has 0 heterocycles. The maximum atomic E-state index is 10.1. The minimum Gasteiger partial charge on any atom is -0.388 e. The number of aliphatic hydroxyl groups is 1. The van der Waals surface area contributed by atoms with Crippen molar-refractivity contribution in [1.82, 2.24) is 0 Å². The number of aliphatic hydroxyl groups excluding tert-OH is 1. The van der Waals surface area contributed by atoms with Crippen LogP contribution in [0.4, 0.5) is 0 Å². The predicted molar refractivity (Wildman–Crippen MR) is 58.0 cm³/mol. The van der Waals surface area contributed by atoms with Crippen molar-refractivity contribution >= 4 is 0 Å². The lowest BCUT2D eigenvalue weighted by molar-refractivity contribution is 0.0848. The van der Waals surface area contributed by atoms with Gasteiger partial charge in [-0.15, -0.1) is 0 Å².